The number of aromatic nitrogens is 3. The van der Waals surface area contributed by atoms with Crippen LogP contribution in [-0.2, 0) is 0 Å². The summed E-state index contributed by atoms with van der Waals surface area (Å²) in [5.74, 6) is 0.641. The van der Waals surface area contributed by atoms with Crippen LogP contribution in [0.1, 0.15) is 19.5 Å². The largest absolute Gasteiger partial charge is 0.353 e. The highest BCUT2D eigenvalue weighted by Gasteiger charge is 2.11. The van der Waals surface area contributed by atoms with E-state index in [1.54, 1.807) is 0 Å². The molecule has 64 valence electrons. The van der Waals surface area contributed by atoms with Crippen LogP contribution in [0.3, 0.4) is 0 Å². The molecule has 5 nitrogen and oxygen atoms in total. The molecule has 0 amide bonds. The Hall–Kier alpha value is -1.57. The summed E-state index contributed by atoms with van der Waals surface area (Å²) in [5.41, 5.74) is 0.360. The highest BCUT2D eigenvalue weighted by molar-refractivity contribution is 5.48. The van der Waals surface area contributed by atoms with E-state index in [1.807, 2.05) is 24.8 Å². The van der Waals surface area contributed by atoms with Crippen molar-refractivity contribution >= 4 is 5.82 Å². The fourth-order valence-electron chi connectivity index (χ4n) is 1.04. The Bertz CT molecular complexity index is 280. The molecule has 12 heavy (non-hydrogen) atoms. The van der Waals surface area contributed by atoms with Crippen LogP contribution in [0.25, 0.3) is 0 Å². The molecule has 0 unspecified atom stereocenters. The lowest BCUT2D eigenvalue weighted by Crippen LogP contribution is -2.23. The molecule has 0 fully saturated rings. The van der Waals surface area contributed by atoms with Gasteiger partial charge in [0, 0.05) is 13.1 Å². The number of H-pyrrole nitrogens is 1. The maximum absolute atomic E-state index is 8.65. The smallest absolute Gasteiger partial charge is 0.206 e. The Kier molecular flexibility index (Phi) is 2.64. The van der Waals surface area contributed by atoms with Gasteiger partial charge in [0.25, 0.3) is 0 Å². The van der Waals surface area contributed by atoms with E-state index in [2.05, 4.69) is 15.4 Å². The minimum absolute atomic E-state index is 0.360. The number of rotatable bonds is 3. The fourth-order valence-corrected chi connectivity index (χ4v) is 1.04. The third-order valence-electron chi connectivity index (χ3n) is 1.70. The molecule has 5 heteroatoms. The lowest BCUT2D eigenvalue weighted by atomic mass is 10.4. The highest BCUT2D eigenvalue weighted by Crippen LogP contribution is 2.11. The summed E-state index contributed by atoms with van der Waals surface area (Å²) in [4.78, 5) is 1.97. The van der Waals surface area contributed by atoms with Crippen molar-refractivity contribution in [1.82, 2.24) is 15.4 Å². The first-order valence-corrected chi connectivity index (χ1v) is 3.89. The second-order valence-corrected chi connectivity index (χ2v) is 2.28. The first-order chi connectivity index (χ1) is 5.83. The van der Waals surface area contributed by atoms with Gasteiger partial charge in [0.05, 0.1) is 0 Å². The van der Waals surface area contributed by atoms with E-state index in [-0.39, 0.29) is 0 Å². The summed E-state index contributed by atoms with van der Waals surface area (Å²) >= 11 is 0. The summed E-state index contributed by atoms with van der Waals surface area (Å²) in [7, 11) is 0. The lowest BCUT2D eigenvalue weighted by molar-refractivity contribution is 0.833. The highest BCUT2D eigenvalue weighted by atomic mass is 15.4. The van der Waals surface area contributed by atoms with Gasteiger partial charge in [-0.25, -0.2) is 0 Å². The van der Waals surface area contributed by atoms with E-state index in [0.717, 1.165) is 13.1 Å². The second kappa shape index (κ2) is 3.72. The molecule has 0 radical (unpaired) electrons. The Balaban J connectivity index is 2.93. The van der Waals surface area contributed by atoms with Crippen LogP contribution < -0.4 is 4.90 Å². The quantitative estimate of drug-likeness (QED) is 0.709. The molecule has 0 saturated carbocycles. The van der Waals surface area contributed by atoms with Crippen molar-refractivity contribution in [3.8, 4) is 6.07 Å². The average Bonchev–Trinajstić information content (AvgIpc) is 2.55. The van der Waals surface area contributed by atoms with Crippen molar-refractivity contribution in [2.45, 2.75) is 13.8 Å². The number of aromatic amines is 1. The van der Waals surface area contributed by atoms with Gasteiger partial charge in [-0.3, -0.25) is 0 Å². The molecule has 0 bridgehead atoms. The van der Waals surface area contributed by atoms with E-state index >= 15 is 0 Å². The Morgan fingerprint density at radius 1 is 1.42 bits per heavy atom. The minimum atomic E-state index is 0.360. The van der Waals surface area contributed by atoms with Crippen LogP contribution in [0, 0.1) is 11.3 Å². The van der Waals surface area contributed by atoms with Crippen molar-refractivity contribution in [2.24, 2.45) is 0 Å². The summed E-state index contributed by atoms with van der Waals surface area (Å²) < 4.78 is 0. The summed E-state index contributed by atoms with van der Waals surface area (Å²) in [6.45, 7) is 5.69. The molecular weight excluding hydrogens is 154 g/mol. The van der Waals surface area contributed by atoms with E-state index in [1.165, 1.54) is 0 Å². The third-order valence-corrected chi connectivity index (χ3v) is 1.70. The molecule has 1 heterocycles. The number of hydrogen-bond donors (Lipinski definition) is 1. The molecule has 0 aliphatic carbocycles. The Morgan fingerprint density at radius 3 is 2.58 bits per heavy atom. The normalized spacial score (nSPS) is 9.42. The maximum Gasteiger partial charge on any atom is 0.206 e. The number of nitriles is 1. The van der Waals surface area contributed by atoms with Gasteiger partial charge in [-0.15, -0.1) is 10.2 Å². The second-order valence-electron chi connectivity index (χ2n) is 2.28. The minimum Gasteiger partial charge on any atom is -0.353 e. The molecule has 0 aliphatic heterocycles. The van der Waals surface area contributed by atoms with Crippen LogP contribution in [-0.4, -0.2) is 28.5 Å². The number of nitrogens with one attached hydrogen (secondary N) is 1. The van der Waals surface area contributed by atoms with Gasteiger partial charge in [0.15, 0.2) is 5.82 Å². The van der Waals surface area contributed by atoms with Gasteiger partial charge in [-0.05, 0) is 13.8 Å². The SMILES string of the molecule is CCN(CC)c1n[nH]nc1C#N. The molecule has 1 aromatic heterocycles. The molecule has 0 atom stereocenters. The van der Waals surface area contributed by atoms with Gasteiger partial charge in [0.2, 0.25) is 5.69 Å². The van der Waals surface area contributed by atoms with Crippen LogP contribution in [0.5, 0.6) is 0 Å². The maximum atomic E-state index is 8.65. The zero-order valence-corrected chi connectivity index (χ0v) is 7.20. The lowest BCUT2D eigenvalue weighted by Gasteiger charge is -2.16. The van der Waals surface area contributed by atoms with Crippen molar-refractivity contribution in [3.05, 3.63) is 5.69 Å². The zero-order chi connectivity index (χ0) is 8.97. The van der Waals surface area contributed by atoms with Crippen LogP contribution in [0.4, 0.5) is 5.82 Å². The van der Waals surface area contributed by atoms with Crippen LogP contribution in [0.2, 0.25) is 0 Å². The van der Waals surface area contributed by atoms with Gasteiger partial charge >= 0.3 is 0 Å². The summed E-state index contributed by atoms with van der Waals surface area (Å²) in [6, 6.07) is 1.98. The fraction of sp³-hybridized carbons (Fsp3) is 0.571. The van der Waals surface area contributed by atoms with E-state index in [4.69, 9.17) is 5.26 Å². The topological polar surface area (TPSA) is 68.6 Å². The number of anilines is 1. The molecule has 1 rings (SSSR count). The Morgan fingerprint density at radius 2 is 2.08 bits per heavy atom. The monoisotopic (exact) mass is 165 g/mol. The predicted molar refractivity (Wildman–Crippen MR) is 44.7 cm³/mol. The molecule has 0 aliphatic rings. The molecule has 1 N–H and O–H groups in total. The van der Waals surface area contributed by atoms with Crippen LogP contribution in [0.15, 0.2) is 0 Å². The zero-order valence-electron chi connectivity index (χ0n) is 7.20. The van der Waals surface area contributed by atoms with E-state index in [9.17, 15) is 0 Å². The first-order valence-electron chi connectivity index (χ1n) is 3.89. The van der Waals surface area contributed by atoms with Crippen molar-refractivity contribution in [3.63, 3.8) is 0 Å². The van der Waals surface area contributed by atoms with Crippen LogP contribution >= 0.6 is 0 Å². The van der Waals surface area contributed by atoms with E-state index < -0.39 is 0 Å². The van der Waals surface area contributed by atoms with Crippen molar-refractivity contribution in [2.75, 3.05) is 18.0 Å². The van der Waals surface area contributed by atoms with Crippen molar-refractivity contribution < 1.29 is 0 Å². The van der Waals surface area contributed by atoms with Gasteiger partial charge in [-0.2, -0.15) is 10.5 Å². The van der Waals surface area contributed by atoms with Gasteiger partial charge < -0.3 is 4.90 Å². The molecule has 0 aromatic carbocycles. The third kappa shape index (κ3) is 1.37. The number of hydrogen-bond acceptors (Lipinski definition) is 4. The Labute approximate surface area is 71.0 Å². The standard InChI is InChI=1S/C7H11N5/c1-3-12(4-2)7-6(5-8)9-11-10-7/h3-4H2,1-2H3,(H,9,10,11). The van der Waals surface area contributed by atoms with Crippen molar-refractivity contribution in [1.29, 1.82) is 5.26 Å². The molecule has 1 aromatic rings. The van der Waals surface area contributed by atoms with E-state index in [0.29, 0.717) is 11.5 Å². The van der Waals surface area contributed by atoms with Gasteiger partial charge in [0.1, 0.15) is 6.07 Å². The average molecular weight is 165 g/mol. The molecular formula is C7H11N5. The predicted octanol–water partition coefficient (Wildman–Crippen LogP) is 0.523. The van der Waals surface area contributed by atoms with Gasteiger partial charge in [-0.1, -0.05) is 0 Å². The summed E-state index contributed by atoms with van der Waals surface area (Å²) in [6.07, 6.45) is 0. The number of nitrogens with zero attached hydrogens (tertiary/aromatic N) is 4. The molecule has 0 spiro atoms. The summed E-state index contributed by atoms with van der Waals surface area (Å²) in [5, 5.41) is 18.7. The first kappa shape index (κ1) is 8.53. The molecule has 0 saturated heterocycles.